The van der Waals surface area contributed by atoms with E-state index in [-0.39, 0.29) is 12.3 Å². The van der Waals surface area contributed by atoms with Crippen molar-refractivity contribution in [3.05, 3.63) is 24.0 Å². The van der Waals surface area contributed by atoms with Gasteiger partial charge < -0.3 is 14.6 Å². The van der Waals surface area contributed by atoms with Gasteiger partial charge in [0.15, 0.2) is 0 Å². The average molecular weight is 210 g/mol. The van der Waals surface area contributed by atoms with Crippen molar-refractivity contribution in [2.75, 3.05) is 14.2 Å². The second-order valence-corrected chi connectivity index (χ2v) is 3.20. The number of esters is 1. The Morgan fingerprint density at radius 2 is 2.27 bits per heavy atom. The minimum absolute atomic E-state index is 0.215. The highest BCUT2D eigenvalue weighted by Crippen LogP contribution is 2.01. The summed E-state index contributed by atoms with van der Waals surface area (Å²) in [5.74, 6) is -0.769. The molecule has 0 radical (unpaired) electrons. The number of carbonyl (C=O) groups excluding carboxylic acids is 2. The highest BCUT2D eigenvalue weighted by atomic mass is 16.5. The van der Waals surface area contributed by atoms with Gasteiger partial charge in [-0.2, -0.15) is 0 Å². The summed E-state index contributed by atoms with van der Waals surface area (Å²) in [6.45, 7) is 0.461. The molecule has 0 aliphatic rings. The first-order chi connectivity index (χ1) is 7.13. The first-order valence-corrected chi connectivity index (χ1v) is 4.56. The number of carbonyl (C=O) groups is 2. The van der Waals surface area contributed by atoms with Crippen LogP contribution in [-0.2, 0) is 20.9 Å². The van der Waals surface area contributed by atoms with Gasteiger partial charge in [0, 0.05) is 18.9 Å². The van der Waals surface area contributed by atoms with E-state index in [1.807, 2.05) is 12.1 Å². The predicted molar refractivity (Wildman–Crippen MR) is 53.9 cm³/mol. The van der Waals surface area contributed by atoms with Crippen LogP contribution in [0, 0.1) is 0 Å². The molecule has 1 N–H and O–H groups in total. The number of hydrogen-bond acceptors (Lipinski definition) is 3. The van der Waals surface area contributed by atoms with Gasteiger partial charge in [0.2, 0.25) is 5.91 Å². The third-order valence-corrected chi connectivity index (χ3v) is 2.02. The monoisotopic (exact) mass is 210 g/mol. The molecule has 1 heterocycles. The highest BCUT2D eigenvalue weighted by Gasteiger charge is 2.14. The maximum Gasteiger partial charge on any atom is 0.315 e. The molecule has 82 valence electrons. The van der Waals surface area contributed by atoms with Gasteiger partial charge in [-0.3, -0.25) is 9.59 Å². The minimum Gasteiger partial charge on any atom is -0.469 e. The van der Waals surface area contributed by atoms with Crippen molar-refractivity contribution in [1.82, 2.24) is 9.88 Å². The van der Waals surface area contributed by atoms with E-state index < -0.39 is 5.97 Å². The number of nitrogens with zero attached hydrogens (tertiary/aromatic N) is 1. The molecule has 1 aromatic heterocycles. The molecule has 0 saturated heterocycles. The number of ether oxygens (including phenoxy) is 1. The van der Waals surface area contributed by atoms with Gasteiger partial charge >= 0.3 is 5.97 Å². The normalized spacial score (nSPS) is 9.73. The van der Waals surface area contributed by atoms with Gasteiger partial charge in [0.1, 0.15) is 6.42 Å². The zero-order valence-corrected chi connectivity index (χ0v) is 8.82. The van der Waals surface area contributed by atoms with E-state index in [2.05, 4.69) is 9.72 Å². The van der Waals surface area contributed by atoms with Crippen LogP contribution in [0.15, 0.2) is 18.3 Å². The summed E-state index contributed by atoms with van der Waals surface area (Å²) in [7, 11) is 2.91. The largest absolute Gasteiger partial charge is 0.469 e. The van der Waals surface area contributed by atoms with E-state index in [0.29, 0.717) is 6.54 Å². The second-order valence-electron chi connectivity index (χ2n) is 3.20. The fourth-order valence-corrected chi connectivity index (χ4v) is 1.14. The lowest BCUT2D eigenvalue weighted by Gasteiger charge is -2.15. The third-order valence-electron chi connectivity index (χ3n) is 2.02. The maximum atomic E-state index is 11.4. The van der Waals surface area contributed by atoms with Crippen molar-refractivity contribution in [2.45, 2.75) is 13.0 Å². The summed E-state index contributed by atoms with van der Waals surface area (Å²) in [4.78, 5) is 26.8. The van der Waals surface area contributed by atoms with Crippen LogP contribution in [0.2, 0.25) is 0 Å². The van der Waals surface area contributed by atoms with Gasteiger partial charge in [-0.25, -0.2) is 0 Å². The molecule has 1 amide bonds. The van der Waals surface area contributed by atoms with Gasteiger partial charge in [-0.15, -0.1) is 0 Å². The lowest BCUT2D eigenvalue weighted by molar-refractivity contribution is -0.146. The van der Waals surface area contributed by atoms with Crippen LogP contribution in [0.1, 0.15) is 12.1 Å². The Morgan fingerprint density at radius 3 is 2.80 bits per heavy atom. The first-order valence-electron chi connectivity index (χ1n) is 4.56. The zero-order valence-electron chi connectivity index (χ0n) is 8.82. The number of amides is 1. The number of aromatic nitrogens is 1. The molecule has 0 bridgehead atoms. The Labute approximate surface area is 88.0 Å². The molecule has 0 saturated carbocycles. The van der Waals surface area contributed by atoms with Crippen LogP contribution in [0.25, 0.3) is 0 Å². The number of methoxy groups -OCH3 is 1. The van der Waals surface area contributed by atoms with Crippen molar-refractivity contribution in [2.24, 2.45) is 0 Å². The molecule has 0 unspecified atom stereocenters. The average Bonchev–Trinajstić information content (AvgIpc) is 2.70. The molecule has 0 aliphatic heterocycles. The van der Waals surface area contributed by atoms with Crippen LogP contribution in [0.4, 0.5) is 0 Å². The Kier molecular flexibility index (Phi) is 3.91. The molecule has 0 fully saturated rings. The van der Waals surface area contributed by atoms with Crippen molar-refractivity contribution in [3.63, 3.8) is 0 Å². The molecule has 0 atom stereocenters. The lowest BCUT2D eigenvalue weighted by atomic mass is 10.3. The van der Waals surface area contributed by atoms with E-state index in [1.54, 1.807) is 13.2 Å². The summed E-state index contributed by atoms with van der Waals surface area (Å²) in [6.07, 6.45) is 1.57. The number of aromatic amines is 1. The van der Waals surface area contributed by atoms with Crippen molar-refractivity contribution < 1.29 is 14.3 Å². The second kappa shape index (κ2) is 5.19. The van der Waals surface area contributed by atoms with Crippen molar-refractivity contribution in [3.8, 4) is 0 Å². The highest BCUT2D eigenvalue weighted by molar-refractivity contribution is 5.94. The molecular weight excluding hydrogens is 196 g/mol. The van der Waals surface area contributed by atoms with Gasteiger partial charge in [0.25, 0.3) is 0 Å². The molecule has 15 heavy (non-hydrogen) atoms. The molecule has 5 nitrogen and oxygen atoms in total. The summed E-state index contributed by atoms with van der Waals surface area (Å²) in [6, 6.07) is 3.73. The third kappa shape index (κ3) is 3.46. The quantitative estimate of drug-likeness (QED) is 0.582. The SMILES string of the molecule is COC(=O)CC(=O)N(C)Cc1ccc[nH]1. The Balaban J connectivity index is 2.43. The van der Waals surface area contributed by atoms with Crippen LogP contribution in [-0.4, -0.2) is 35.9 Å². The van der Waals surface area contributed by atoms with E-state index in [9.17, 15) is 9.59 Å². The maximum absolute atomic E-state index is 11.4. The molecule has 1 aromatic rings. The number of hydrogen-bond donors (Lipinski definition) is 1. The molecule has 0 spiro atoms. The van der Waals surface area contributed by atoms with E-state index in [1.165, 1.54) is 12.0 Å². The van der Waals surface area contributed by atoms with Crippen LogP contribution < -0.4 is 0 Å². The molecule has 0 aromatic carbocycles. The summed E-state index contributed by atoms with van der Waals surface area (Å²) in [5, 5.41) is 0. The van der Waals surface area contributed by atoms with E-state index in [0.717, 1.165) is 5.69 Å². The van der Waals surface area contributed by atoms with E-state index >= 15 is 0 Å². The van der Waals surface area contributed by atoms with Crippen molar-refractivity contribution >= 4 is 11.9 Å². The molecule has 5 heteroatoms. The number of H-pyrrole nitrogens is 1. The van der Waals surface area contributed by atoms with Gasteiger partial charge in [-0.05, 0) is 12.1 Å². The molecular formula is C10H14N2O3. The zero-order chi connectivity index (χ0) is 11.3. The summed E-state index contributed by atoms with van der Waals surface area (Å²) >= 11 is 0. The number of rotatable bonds is 4. The predicted octanol–water partition coefficient (Wildman–Crippen LogP) is 0.536. The molecule has 1 rings (SSSR count). The Bertz CT molecular complexity index is 332. The topological polar surface area (TPSA) is 62.4 Å². The Morgan fingerprint density at radius 1 is 1.53 bits per heavy atom. The van der Waals surface area contributed by atoms with Crippen molar-refractivity contribution in [1.29, 1.82) is 0 Å². The lowest BCUT2D eigenvalue weighted by Crippen LogP contribution is -2.28. The summed E-state index contributed by atoms with van der Waals surface area (Å²) in [5.41, 5.74) is 0.927. The van der Waals surface area contributed by atoms with Crippen LogP contribution in [0.3, 0.4) is 0 Å². The Hall–Kier alpha value is -1.78. The fraction of sp³-hybridized carbons (Fsp3) is 0.400. The fourth-order valence-electron chi connectivity index (χ4n) is 1.14. The number of nitrogens with one attached hydrogen (secondary N) is 1. The van der Waals surface area contributed by atoms with E-state index in [4.69, 9.17) is 0 Å². The standard InChI is InChI=1S/C10H14N2O3/c1-12(7-8-4-3-5-11-8)9(13)6-10(14)15-2/h3-5,11H,6-7H2,1-2H3. The van der Waals surface area contributed by atoms with Crippen LogP contribution >= 0.6 is 0 Å². The minimum atomic E-state index is -0.515. The van der Waals surface area contributed by atoms with Gasteiger partial charge in [0.05, 0.1) is 13.7 Å². The van der Waals surface area contributed by atoms with Crippen LogP contribution in [0.5, 0.6) is 0 Å². The first kappa shape index (κ1) is 11.3. The van der Waals surface area contributed by atoms with Gasteiger partial charge in [-0.1, -0.05) is 0 Å². The smallest absolute Gasteiger partial charge is 0.315 e. The summed E-state index contributed by atoms with van der Waals surface area (Å²) < 4.78 is 4.41. The molecule has 0 aliphatic carbocycles.